The van der Waals surface area contributed by atoms with Crippen LogP contribution in [0.3, 0.4) is 0 Å². The van der Waals surface area contributed by atoms with Crippen molar-refractivity contribution < 1.29 is 19.1 Å². The molecule has 0 radical (unpaired) electrons. The van der Waals surface area contributed by atoms with Gasteiger partial charge in [-0.3, -0.25) is 24.5 Å². The van der Waals surface area contributed by atoms with E-state index in [1.807, 2.05) is 24.3 Å². The van der Waals surface area contributed by atoms with E-state index in [1.165, 1.54) is 0 Å². The Morgan fingerprint density at radius 1 is 0.984 bits per heavy atom. The molecule has 15 nitrogen and oxygen atoms in total. The lowest BCUT2D eigenvalue weighted by molar-refractivity contribution is -0.164. The van der Waals surface area contributed by atoms with Gasteiger partial charge in [0.25, 0.3) is 17.4 Å². The number of ether oxygens (including phenoxy) is 1. The minimum atomic E-state index is -0.841. The Balaban J connectivity index is 0.731. The topological polar surface area (TPSA) is 179 Å². The minimum Gasteiger partial charge on any atom is -0.489 e. The van der Waals surface area contributed by atoms with Crippen LogP contribution in [-0.4, -0.2) is 101 Å². The summed E-state index contributed by atoms with van der Waals surface area (Å²) in [7, 11) is 0. The zero-order valence-electron chi connectivity index (χ0n) is 35.0. The molecule has 2 atom stereocenters. The summed E-state index contributed by atoms with van der Waals surface area (Å²) in [6.07, 6.45) is 5.18. The maximum Gasteiger partial charge on any atom is 0.278 e. The molecular weight excluding hydrogens is 796 g/mol. The average Bonchev–Trinajstić information content (AvgIpc) is 3.70. The van der Waals surface area contributed by atoms with Crippen LogP contribution in [-0.2, 0) is 9.59 Å². The number of pyridine rings is 1. The van der Waals surface area contributed by atoms with Crippen LogP contribution in [0.4, 0.5) is 11.5 Å². The van der Waals surface area contributed by atoms with E-state index in [4.69, 9.17) is 21.3 Å². The van der Waals surface area contributed by atoms with E-state index in [2.05, 4.69) is 69.4 Å². The number of rotatable bonds is 9. The van der Waals surface area contributed by atoms with Crippen molar-refractivity contribution in [2.75, 3.05) is 55.6 Å². The first kappa shape index (κ1) is 40.8. The second-order valence-corrected chi connectivity index (χ2v) is 19.4. The first-order chi connectivity index (χ1) is 29.1. The zero-order chi connectivity index (χ0) is 42.8. The number of benzene rings is 2. The van der Waals surface area contributed by atoms with Crippen LogP contribution in [0.25, 0.3) is 10.9 Å². The highest BCUT2D eigenvalue weighted by Crippen LogP contribution is 2.55. The molecular formula is C45H51ClN10O5. The number of imide groups is 1. The quantitative estimate of drug-likeness (QED) is 0.222. The molecule has 4 aromatic rings. The predicted octanol–water partition coefficient (Wildman–Crippen LogP) is 4.73. The Hall–Kier alpha value is -5.59. The summed E-state index contributed by atoms with van der Waals surface area (Å²) in [4.78, 5) is 62.7. The van der Waals surface area contributed by atoms with E-state index in [-0.39, 0.29) is 53.2 Å². The monoisotopic (exact) mass is 846 g/mol. The van der Waals surface area contributed by atoms with Crippen LogP contribution in [0.5, 0.6) is 5.75 Å². The number of carbonyl (C=O) groups excluding carboxylic acids is 3. The smallest absolute Gasteiger partial charge is 0.278 e. The van der Waals surface area contributed by atoms with Gasteiger partial charge in [0.2, 0.25) is 5.91 Å². The van der Waals surface area contributed by atoms with Crippen molar-refractivity contribution in [1.29, 1.82) is 5.26 Å². The Kier molecular flexibility index (Phi) is 10.3. The van der Waals surface area contributed by atoms with Crippen LogP contribution in [0, 0.1) is 33.5 Å². The van der Waals surface area contributed by atoms with Gasteiger partial charge in [-0.15, -0.1) is 5.10 Å². The fourth-order valence-corrected chi connectivity index (χ4v) is 11.2. The van der Waals surface area contributed by atoms with Crippen molar-refractivity contribution in [2.24, 2.45) is 22.2 Å². The third-order valence-electron chi connectivity index (χ3n) is 14.0. The lowest BCUT2D eigenvalue weighted by atomic mass is 9.49. The largest absolute Gasteiger partial charge is 0.489 e. The molecule has 3 amide bonds. The summed E-state index contributed by atoms with van der Waals surface area (Å²) in [5, 5.41) is 23.9. The summed E-state index contributed by atoms with van der Waals surface area (Å²) < 4.78 is 7.48. The molecule has 4 saturated heterocycles. The van der Waals surface area contributed by atoms with Gasteiger partial charge in [0.05, 0.1) is 21.5 Å². The molecule has 4 aliphatic heterocycles. The summed E-state index contributed by atoms with van der Waals surface area (Å²) in [6.45, 7) is 15.4. The molecule has 1 spiro atoms. The molecule has 16 heteroatoms. The van der Waals surface area contributed by atoms with Crippen LogP contribution >= 0.6 is 11.6 Å². The number of hydrogen-bond donors (Lipinski definition) is 2. The van der Waals surface area contributed by atoms with E-state index >= 15 is 0 Å². The lowest BCUT2D eigenvalue weighted by Gasteiger charge is -2.63. The molecule has 1 saturated carbocycles. The van der Waals surface area contributed by atoms with Gasteiger partial charge >= 0.3 is 0 Å². The van der Waals surface area contributed by atoms with Crippen LogP contribution < -0.4 is 30.7 Å². The number of amides is 3. The van der Waals surface area contributed by atoms with Crippen molar-refractivity contribution in [2.45, 2.75) is 78.0 Å². The maximum absolute atomic E-state index is 13.5. The first-order valence-electron chi connectivity index (χ1n) is 21.2. The highest BCUT2D eigenvalue weighted by molar-refractivity contribution is 6.31. The molecule has 9 rings (SSSR count). The summed E-state index contributed by atoms with van der Waals surface area (Å²) in [6, 6.07) is 15.6. The standard InChI is InChI=1S/C45H51ClN10O5/c1-43(2)41(44(3,4)42(43)61-31-8-5-28(21-47)33(46)20-31)50-38(58)29-6-11-36(48-22-29)55-16-13-27(24-55)23-53-25-45(26-53)14-17-54(18-15-45)30-7-9-32-34(19-30)51-52-56(40(32)60)35-10-12-37(57)49-39(35)59/h5-9,11,19-20,22,27,35,41-42H,10,12-18,23-26H2,1-4H3,(H,50,58)(H,49,57,59)/t27-,35?,41?,42?/m0/s1. The van der Waals surface area contributed by atoms with E-state index in [0.29, 0.717) is 44.1 Å². The van der Waals surface area contributed by atoms with E-state index in [0.717, 1.165) is 81.3 Å². The Labute approximate surface area is 359 Å². The van der Waals surface area contributed by atoms with Gasteiger partial charge in [-0.25, -0.2) is 4.98 Å². The second kappa shape index (κ2) is 15.4. The number of nitrogens with one attached hydrogen (secondary N) is 2. The molecule has 5 fully saturated rings. The fraction of sp³-hybridized carbons (Fsp3) is 0.511. The molecule has 6 heterocycles. The Bertz CT molecular complexity index is 2490. The van der Waals surface area contributed by atoms with Gasteiger partial charge in [-0.2, -0.15) is 9.94 Å². The van der Waals surface area contributed by atoms with Crippen molar-refractivity contribution in [3.8, 4) is 11.8 Å². The predicted molar refractivity (Wildman–Crippen MR) is 229 cm³/mol. The van der Waals surface area contributed by atoms with Crippen molar-refractivity contribution in [3.05, 3.63) is 81.2 Å². The highest BCUT2D eigenvalue weighted by Gasteiger charge is 2.64. The first-order valence-corrected chi connectivity index (χ1v) is 21.6. The van der Waals surface area contributed by atoms with Crippen LogP contribution in [0.15, 0.2) is 59.5 Å². The van der Waals surface area contributed by atoms with Crippen LogP contribution in [0.2, 0.25) is 5.02 Å². The van der Waals surface area contributed by atoms with Crippen molar-refractivity contribution >= 4 is 51.7 Å². The number of fused-ring (bicyclic) bond motifs is 1. The molecule has 5 aliphatic rings. The van der Waals surface area contributed by atoms with Crippen LogP contribution in [0.1, 0.15) is 81.8 Å². The molecule has 2 aromatic carbocycles. The normalized spacial score (nSPS) is 25.4. The maximum atomic E-state index is 13.5. The molecule has 318 valence electrons. The number of hydrogen-bond acceptors (Lipinski definition) is 12. The van der Waals surface area contributed by atoms with Gasteiger partial charge in [0.15, 0.2) is 0 Å². The molecule has 2 aromatic heterocycles. The average molecular weight is 847 g/mol. The van der Waals surface area contributed by atoms with E-state index in [9.17, 15) is 24.4 Å². The third kappa shape index (κ3) is 7.47. The van der Waals surface area contributed by atoms with Crippen molar-refractivity contribution in [3.63, 3.8) is 0 Å². The van der Waals surface area contributed by atoms with Crippen molar-refractivity contribution in [1.82, 2.24) is 35.5 Å². The van der Waals surface area contributed by atoms with Gasteiger partial charge in [0.1, 0.15) is 35.3 Å². The number of aromatic nitrogens is 4. The number of halogens is 1. The highest BCUT2D eigenvalue weighted by atomic mass is 35.5. The van der Waals surface area contributed by atoms with Gasteiger partial charge in [0, 0.05) is 87.1 Å². The lowest BCUT2D eigenvalue weighted by Crippen LogP contribution is -2.74. The molecule has 61 heavy (non-hydrogen) atoms. The number of carbonyl (C=O) groups is 3. The number of piperidine rings is 2. The number of likely N-dealkylation sites (tertiary alicyclic amines) is 1. The summed E-state index contributed by atoms with van der Waals surface area (Å²) in [5.41, 5.74) is 1.65. The van der Waals surface area contributed by atoms with Gasteiger partial charge in [-0.1, -0.05) is 44.5 Å². The summed E-state index contributed by atoms with van der Waals surface area (Å²) >= 11 is 6.26. The third-order valence-corrected chi connectivity index (χ3v) is 14.4. The minimum absolute atomic E-state index is 0.141. The number of nitriles is 1. The molecule has 1 unspecified atom stereocenters. The second-order valence-electron chi connectivity index (χ2n) is 19.0. The SMILES string of the molecule is CC1(C)C(NC(=O)c2ccc(N3CC[C@@H](CN4CC5(CCN(c6ccc7c(=O)n(C8CCC(=O)NC8=O)nnc7c6)CC5)C4)C3)nc2)C(C)(C)C1Oc1ccc(C#N)c(Cl)c1. The molecule has 1 aliphatic carbocycles. The molecule has 0 bridgehead atoms. The molecule has 2 N–H and O–H groups in total. The summed E-state index contributed by atoms with van der Waals surface area (Å²) in [5.74, 6) is 1.02. The zero-order valence-corrected chi connectivity index (χ0v) is 35.7. The van der Waals surface area contributed by atoms with Gasteiger partial charge in [-0.05, 0) is 79.5 Å². The fourth-order valence-electron chi connectivity index (χ4n) is 11.0. The Morgan fingerprint density at radius 3 is 2.44 bits per heavy atom. The number of anilines is 2. The Morgan fingerprint density at radius 2 is 1.75 bits per heavy atom. The van der Waals surface area contributed by atoms with E-state index < -0.39 is 11.9 Å². The number of nitrogens with zero attached hydrogens (tertiary/aromatic N) is 8. The van der Waals surface area contributed by atoms with E-state index in [1.54, 1.807) is 30.5 Å². The van der Waals surface area contributed by atoms with Gasteiger partial charge < -0.3 is 24.8 Å².